The predicted molar refractivity (Wildman–Crippen MR) is 68.3 cm³/mol. The minimum absolute atomic E-state index is 0.0205. The van der Waals surface area contributed by atoms with E-state index in [0.29, 0.717) is 5.56 Å². The summed E-state index contributed by atoms with van der Waals surface area (Å²) in [7, 11) is 3.49. The van der Waals surface area contributed by atoms with Crippen LogP contribution in [0.2, 0.25) is 0 Å². The molecule has 0 saturated carbocycles. The van der Waals surface area contributed by atoms with E-state index in [4.69, 9.17) is 0 Å². The van der Waals surface area contributed by atoms with Crippen molar-refractivity contribution in [1.82, 2.24) is 4.90 Å². The van der Waals surface area contributed by atoms with Crippen molar-refractivity contribution in [3.05, 3.63) is 54.1 Å². The highest BCUT2D eigenvalue weighted by molar-refractivity contribution is 5.94. The second-order valence-electron chi connectivity index (χ2n) is 3.73. The molecular weight excluding hydrogens is 198 g/mol. The Hall–Kier alpha value is -1.83. The fraction of sp³-hybridized carbons (Fsp3) is 0.214. The van der Waals surface area contributed by atoms with E-state index >= 15 is 0 Å². The molecule has 2 nitrogen and oxygen atoms in total. The second kappa shape index (κ2) is 5.31. The lowest BCUT2D eigenvalue weighted by Gasteiger charge is -2.10. The molecule has 0 saturated heterocycles. The van der Waals surface area contributed by atoms with Gasteiger partial charge in [-0.2, -0.15) is 0 Å². The Morgan fingerprint density at radius 2 is 1.69 bits per heavy atom. The maximum atomic E-state index is 11.7. The van der Waals surface area contributed by atoms with Gasteiger partial charge in [-0.05, 0) is 30.2 Å². The van der Waals surface area contributed by atoms with Crippen molar-refractivity contribution in [3.63, 3.8) is 0 Å². The van der Waals surface area contributed by atoms with Gasteiger partial charge < -0.3 is 4.90 Å². The van der Waals surface area contributed by atoms with Gasteiger partial charge in [0.15, 0.2) is 0 Å². The first-order valence-corrected chi connectivity index (χ1v) is 5.21. The number of hydrogen-bond acceptors (Lipinski definition) is 1. The van der Waals surface area contributed by atoms with Gasteiger partial charge >= 0.3 is 0 Å². The predicted octanol–water partition coefficient (Wildman–Crippen LogP) is 2.98. The van der Waals surface area contributed by atoms with Gasteiger partial charge in [0, 0.05) is 19.7 Å². The summed E-state index contributed by atoms with van der Waals surface area (Å²) in [4.78, 5) is 13.2. The summed E-state index contributed by atoms with van der Waals surface area (Å²) in [6, 6.07) is 7.55. The van der Waals surface area contributed by atoms with Crippen molar-refractivity contribution in [1.29, 1.82) is 0 Å². The van der Waals surface area contributed by atoms with Crippen LogP contribution in [0.25, 0.3) is 5.57 Å². The molecule has 0 aliphatic rings. The van der Waals surface area contributed by atoms with E-state index in [0.717, 1.165) is 11.1 Å². The van der Waals surface area contributed by atoms with Gasteiger partial charge in [-0.25, -0.2) is 0 Å². The molecule has 0 aromatic heterocycles. The molecule has 84 valence electrons. The summed E-state index contributed by atoms with van der Waals surface area (Å²) in [5, 5.41) is 0. The Morgan fingerprint density at radius 1 is 1.19 bits per heavy atom. The van der Waals surface area contributed by atoms with E-state index in [-0.39, 0.29) is 5.91 Å². The number of allylic oxidation sites excluding steroid dienone is 3. The molecule has 1 aromatic carbocycles. The average molecular weight is 215 g/mol. The Balaban J connectivity index is 3.00. The lowest BCUT2D eigenvalue weighted by Crippen LogP contribution is -2.21. The number of carbonyl (C=O) groups is 1. The van der Waals surface area contributed by atoms with Gasteiger partial charge in [0.25, 0.3) is 5.91 Å². The van der Waals surface area contributed by atoms with Crippen molar-refractivity contribution in [2.75, 3.05) is 14.1 Å². The molecule has 1 amide bonds. The van der Waals surface area contributed by atoms with E-state index in [1.807, 2.05) is 43.3 Å². The molecule has 16 heavy (non-hydrogen) atoms. The molecule has 0 aliphatic carbocycles. The summed E-state index contributed by atoms with van der Waals surface area (Å²) in [5.41, 5.74) is 2.85. The Bertz CT molecular complexity index is 413. The van der Waals surface area contributed by atoms with Gasteiger partial charge in [-0.1, -0.05) is 30.9 Å². The van der Waals surface area contributed by atoms with Crippen molar-refractivity contribution in [2.24, 2.45) is 0 Å². The van der Waals surface area contributed by atoms with E-state index < -0.39 is 0 Å². The zero-order valence-corrected chi connectivity index (χ0v) is 10.0. The summed E-state index contributed by atoms with van der Waals surface area (Å²) in [6.07, 6.45) is 3.80. The third-order valence-electron chi connectivity index (χ3n) is 2.40. The molecule has 2 heteroatoms. The van der Waals surface area contributed by atoms with Crippen molar-refractivity contribution in [3.8, 4) is 0 Å². The molecule has 1 aromatic rings. The molecular formula is C14H17NO. The van der Waals surface area contributed by atoms with Crippen LogP contribution in [0.5, 0.6) is 0 Å². The largest absolute Gasteiger partial charge is 0.345 e. The monoisotopic (exact) mass is 215 g/mol. The Morgan fingerprint density at radius 3 is 2.06 bits per heavy atom. The lowest BCUT2D eigenvalue weighted by atomic mass is 10.0. The zero-order valence-electron chi connectivity index (χ0n) is 10.0. The molecule has 0 unspecified atom stereocenters. The summed E-state index contributed by atoms with van der Waals surface area (Å²) >= 11 is 0. The van der Waals surface area contributed by atoms with Crippen LogP contribution in [0.3, 0.4) is 0 Å². The van der Waals surface area contributed by atoms with Crippen molar-refractivity contribution >= 4 is 11.5 Å². The maximum Gasteiger partial charge on any atom is 0.253 e. The molecule has 0 fully saturated rings. The van der Waals surface area contributed by atoms with E-state index in [2.05, 4.69) is 6.58 Å². The fourth-order valence-electron chi connectivity index (χ4n) is 1.47. The Labute approximate surface area is 96.9 Å². The average Bonchev–Trinajstić information content (AvgIpc) is 2.30. The van der Waals surface area contributed by atoms with E-state index in [1.165, 1.54) is 0 Å². The zero-order chi connectivity index (χ0) is 12.1. The first-order valence-electron chi connectivity index (χ1n) is 5.21. The molecule has 0 atom stereocenters. The molecule has 0 heterocycles. The van der Waals surface area contributed by atoms with Gasteiger partial charge in [0.2, 0.25) is 0 Å². The number of rotatable bonds is 3. The van der Waals surface area contributed by atoms with Crippen LogP contribution in [0.15, 0.2) is 43.0 Å². The normalized spacial score (nSPS) is 11.1. The van der Waals surface area contributed by atoms with Gasteiger partial charge in [0.1, 0.15) is 0 Å². The molecule has 0 spiro atoms. The number of hydrogen-bond donors (Lipinski definition) is 0. The van der Waals surface area contributed by atoms with Crippen LogP contribution in [0.4, 0.5) is 0 Å². The van der Waals surface area contributed by atoms with Crippen LogP contribution in [0.1, 0.15) is 22.8 Å². The van der Waals surface area contributed by atoms with Crippen LogP contribution < -0.4 is 0 Å². The highest BCUT2D eigenvalue weighted by atomic mass is 16.2. The first-order chi connectivity index (χ1) is 7.60. The molecule has 0 bridgehead atoms. The quantitative estimate of drug-likeness (QED) is 0.710. The highest BCUT2D eigenvalue weighted by Gasteiger charge is 2.07. The molecule has 0 radical (unpaired) electrons. The summed E-state index contributed by atoms with van der Waals surface area (Å²) in [6.45, 7) is 5.72. The standard InChI is InChI=1S/C14H17NO/c1-5-11(6-2)12-7-9-13(10-8-12)14(16)15(3)4/h5-10H,1H2,2-4H3/b11-6-. The maximum absolute atomic E-state index is 11.7. The highest BCUT2D eigenvalue weighted by Crippen LogP contribution is 2.16. The molecule has 0 aliphatic heterocycles. The van der Waals surface area contributed by atoms with E-state index in [9.17, 15) is 4.79 Å². The van der Waals surface area contributed by atoms with Crippen LogP contribution in [0, 0.1) is 0 Å². The van der Waals surface area contributed by atoms with Crippen molar-refractivity contribution < 1.29 is 4.79 Å². The minimum Gasteiger partial charge on any atom is -0.345 e. The van der Waals surface area contributed by atoms with Gasteiger partial charge in [-0.3, -0.25) is 4.79 Å². The summed E-state index contributed by atoms with van der Waals surface area (Å²) < 4.78 is 0. The van der Waals surface area contributed by atoms with E-state index in [1.54, 1.807) is 19.0 Å². The minimum atomic E-state index is 0.0205. The smallest absolute Gasteiger partial charge is 0.253 e. The third kappa shape index (κ3) is 2.60. The lowest BCUT2D eigenvalue weighted by molar-refractivity contribution is 0.0827. The number of carbonyl (C=O) groups excluding carboxylic acids is 1. The second-order valence-corrected chi connectivity index (χ2v) is 3.73. The SMILES string of the molecule is C=C/C(=C/C)c1ccc(C(=O)N(C)C)cc1. The number of benzene rings is 1. The van der Waals surface area contributed by atoms with Crippen LogP contribution in [-0.2, 0) is 0 Å². The van der Waals surface area contributed by atoms with Crippen molar-refractivity contribution in [2.45, 2.75) is 6.92 Å². The molecule has 0 N–H and O–H groups in total. The number of nitrogens with zero attached hydrogens (tertiary/aromatic N) is 1. The first kappa shape index (κ1) is 12.2. The summed E-state index contributed by atoms with van der Waals surface area (Å²) in [5.74, 6) is 0.0205. The van der Waals surface area contributed by atoms with Crippen LogP contribution >= 0.6 is 0 Å². The molecule has 1 rings (SSSR count). The van der Waals surface area contributed by atoms with Gasteiger partial charge in [0.05, 0.1) is 0 Å². The van der Waals surface area contributed by atoms with Crippen LogP contribution in [-0.4, -0.2) is 24.9 Å². The Kier molecular flexibility index (Phi) is 4.06. The number of amides is 1. The third-order valence-corrected chi connectivity index (χ3v) is 2.40. The fourth-order valence-corrected chi connectivity index (χ4v) is 1.47. The topological polar surface area (TPSA) is 20.3 Å². The van der Waals surface area contributed by atoms with Gasteiger partial charge in [-0.15, -0.1) is 0 Å².